The van der Waals surface area contributed by atoms with E-state index in [0.717, 1.165) is 6.42 Å². The number of aliphatic hydroxyl groups is 1. The van der Waals surface area contributed by atoms with Crippen LogP contribution in [0.4, 0.5) is 5.69 Å². The summed E-state index contributed by atoms with van der Waals surface area (Å²) in [7, 11) is 0. The van der Waals surface area contributed by atoms with E-state index in [4.69, 9.17) is 0 Å². The van der Waals surface area contributed by atoms with Gasteiger partial charge in [0.2, 0.25) is 5.91 Å². The second-order valence-corrected chi connectivity index (χ2v) is 5.13. The first-order valence-corrected chi connectivity index (χ1v) is 6.56. The van der Waals surface area contributed by atoms with Gasteiger partial charge in [0.1, 0.15) is 0 Å². The minimum atomic E-state index is -0.924. The Morgan fingerprint density at radius 3 is 2.80 bits per heavy atom. The van der Waals surface area contributed by atoms with E-state index in [1.807, 2.05) is 6.92 Å². The number of amides is 1. The van der Waals surface area contributed by atoms with Crippen molar-refractivity contribution in [2.45, 2.75) is 38.7 Å². The van der Waals surface area contributed by atoms with E-state index < -0.39 is 10.5 Å². The molecule has 0 bridgehead atoms. The molecule has 0 saturated heterocycles. The third kappa shape index (κ3) is 5.36. The number of hydrogen-bond donors (Lipinski definition) is 2. The standard InChI is InChI=1S/C14H20N2O4/c1-3-7-14(2,18)10-15-13(17)9-11-5-4-6-12(8-11)16(19)20/h4-6,8,18H,3,7,9-10H2,1-2H3,(H,15,17). The second-order valence-electron chi connectivity index (χ2n) is 5.13. The molecule has 6 heteroatoms. The Bertz CT molecular complexity index is 486. The lowest BCUT2D eigenvalue weighted by molar-refractivity contribution is -0.384. The van der Waals surface area contributed by atoms with Gasteiger partial charge in [0.25, 0.3) is 5.69 Å². The highest BCUT2D eigenvalue weighted by Crippen LogP contribution is 2.14. The highest BCUT2D eigenvalue weighted by atomic mass is 16.6. The van der Waals surface area contributed by atoms with Gasteiger partial charge < -0.3 is 10.4 Å². The van der Waals surface area contributed by atoms with Crippen LogP contribution in [0.1, 0.15) is 32.3 Å². The van der Waals surface area contributed by atoms with Crippen molar-refractivity contribution in [2.24, 2.45) is 0 Å². The lowest BCUT2D eigenvalue weighted by Crippen LogP contribution is -2.41. The van der Waals surface area contributed by atoms with Crippen LogP contribution in [-0.4, -0.2) is 28.1 Å². The summed E-state index contributed by atoms with van der Waals surface area (Å²) in [6.45, 7) is 3.80. The maximum Gasteiger partial charge on any atom is 0.269 e. The van der Waals surface area contributed by atoms with Crippen LogP contribution < -0.4 is 5.32 Å². The zero-order valence-electron chi connectivity index (χ0n) is 11.8. The fourth-order valence-corrected chi connectivity index (χ4v) is 1.94. The molecule has 0 aliphatic rings. The molecule has 0 aliphatic heterocycles. The SMILES string of the molecule is CCCC(C)(O)CNC(=O)Cc1cccc([N+](=O)[O-])c1. The molecule has 2 N–H and O–H groups in total. The molecule has 0 radical (unpaired) electrons. The highest BCUT2D eigenvalue weighted by molar-refractivity contribution is 5.78. The predicted octanol–water partition coefficient (Wildman–Crippen LogP) is 1.80. The molecule has 1 amide bonds. The molecule has 0 spiro atoms. The number of nitrogens with zero attached hydrogens (tertiary/aromatic N) is 1. The lowest BCUT2D eigenvalue weighted by atomic mass is 10.0. The van der Waals surface area contributed by atoms with Gasteiger partial charge in [-0.2, -0.15) is 0 Å². The van der Waals surface area contributed by atoms with Crippen LogP contribution in [-0.2, 0) is 11.2 Å². The summed E-state index contributed by atoms with van der Waals surface area (Å²) in [6.07, 6.45) is 1.49. The Morgan fingerprint density at radius 1 is 1.50 bits per heavy atom. The molecule has 6 nitrogen and oxygen atoms in total. The van der Waals surface area contributed by atoms with Gasteiger partial charge in [0.15, 0.2) is 0 Å². The average molecular weight is 280 g/mol. The zero-order valence-corrected chi connectivity index (χ0v) is 11.8. The normalized spacial score (nSPS) is 13.6. The highest BCUT2D eigenvalue weighted by Gasteiger charge is 2.20. The molecular weight excluding hydrogens is 260 g/mol. The van der Waals surface area contributed by atoms with Crippen LogP contribution in [0.15, 0.2) is 24.3 Å². The Morgan fingerprint density at radius 2 is 2.20 bits per heavy atom. The topological polar surface area (TPSA) is 92.5 Å². The minimum Gasteiger partial charge on any atom is -0.388 e. The zero-order chi connectivity index (χ0) is 15.2. The number of nitro benzene ring substituents is 1. The Labute approximate surface area is 118 Å². The number of carbonyl (C=O) groups excluding carboxylic acids is 1. The van der Waals surface area contributed by atoms with Crippen LogP contribution in [0.3, 0.4) is 0 Å². The van der Waals surface area contributed by atoms with Crippen molar-refractivity contribution in [3.8, 4) is 0 Å². The van der Waals surface area contributed by atoms with Crippen molar-refractivity contribution in [1.29, 1.82) is 0 Å². The van der Waals surface area contributed by atoms with Crippen molar-refractivity contribution in [1.82, 2.24) is 5.32 Å². The van der Waals surface area contributed by atoms with Crippen molar-refractivity contribution in [2.75, 3.05) is 6.54 Å². The minimum absolute atomic E-state index is 0.0340. The van der Waals surface area contributed by atoms with Gasteiger partial charge >= 0.3 is 0 Å². The Kier molecular flexibility index (Phi) is 5.64. The van der Waals surface area contributed by atoms with Crippen LogP contribution in [0.2, 0.25) is 0 Å². The molecule has 0 aliphatic carbocycles. The molecule has 1 aromatic rings. The van der Waals surface area contributed by atoms with E-state index in [2.05, 4.69) is 5.32 Å². The first-order chi connectivity index (χ1) is 9.34. The van der Waals surface area contributed by atoms with E-state index in [1.165, 1.54) is 12.1 Å². The van der Waals surface area contributed by atoms with E-state index >= 15 is 0 Å². The number of nitrogens with one attached hydrogen (secondary N) is 1. The van der Waals surface area contributed by atoms with Gasteiger partial charge in [-0.15, -0.1) is 0 Å². The maximum atomic E-state index is 11.8. The van der Waals surface area contributed by atoms with Gasteiger partial charge in [-0.3, -0.25) is 14.9 Å². The maximum absolute atomic E-state index is 11.8. The molecule has 1 aromatic carbocycles. The summed E-state index contributed by atoms with van der Waals surface area (Å²) in [4.78, 5) is 21.9. The lowest BCUT2D eigenvalue weighted by Gasteiger charge is -2.22. The molecule has 1 atom stereocenters. The van der Waals surface area contributed by atoms with E-state index in [0.29, 0.717) is 12.0 Å². The number of carbonyl (C=O) groups is 1. The van der Waals surface area contributed by atoms with Crippen LogP contribution >= 0.6 is 0 Å². The molecule has 110 valence electrons. The Balaban J connectivity index is 2.54. The van der Waals surface area contributed by atoms with Crippen LogP contribution in [0, 0.1) is 10.1 Å². The smallest absolute Gasteiger partial charge is 0.269 e. The van der Waals surface area contributed by atoms with Crippen molar-refractivity contribution < 1.29 is 14.8 Å². The fraction of sp³-hybridized carbons (Fsp3) is 0.500. The molecule has 0 saturated carbocycles. The number of rotatable bonds is 7. The summed E-state index contributed by atoms with van der Waals surface area (Å²) < 4.78 is 0. The monoisotopic (exact) mass is 280 g/mol. The van der Waals surface area contributed by atoms with E-state index in [9.17, 15) is 20.0 Å². The Hall–Kier alpha value is -1.95. The average Bonchev–Trinajstić information content (AvgIpc) is 2.37. The number of hydrogen-bond acceptors (Lipinski definition) is 4. The predicted molar refractivity (Wildman–Crippen MR) is 75.3 cm³/mol. The number of benzene rings is 1. The molecule has 1 unspecified atom stereocenters. The van der Waals surface area contributed by atoms with Gasteiger partial charge in [-0.25, -0.2) is 0 Å². The number of non-ortho nitro benzene ring substituents is 1. The first kappa shape index (κ1) is 16.1. The van der Waals surface area contributed by atoms with Gasteiger partial charge in [0, 0.05) is 18.7 Å². The third-order valence-corrected chi connectivity index (χ3v) is 2.94. The quantitative estimate of drug-likeness (QED) is 0.588. The van der Waals surface area contributed by atoms with Crippen molar-refractivity contribution >= 4 is 11.6 Å². The summed E-state index contributed by atoms with van der Waals surface area (Å²) in [5, 5.41) is 23.2. The molecule has 1 rings (SSSR count). The molecule has 0 heterocycles. The summed E-state index contributed by atoms with van der Waals surface area (Å²) in [5.41, 5.74) is -0.382. The van der Waals surface area contributed by atoms with Gasteiger partial charge in [-0.1, -0.05) is 25.5 Å². The summed E-state index contributed by atoms with van der Waals surface area (Å²) in [5.74, 6) is -0.262. The van der Waals surface area contributed by atoms with Crippen LogP contribution in [0.25, 0.3) is 0 Å². The molecule has 0 fully saturated rings. The molecule has 0 aromatic heterocycles. The molecule has 20 heavy (non-hydrogen) atoms. The molecular formula is C14H20N2O4. The van der Waals surface area contributed by atoms with Gasteiger partial charge in [0.05, 0.1) is 16.9 Å². The van der Waals surface area contributed by atoms with E-state index in [-0.39, 0.29) is 24.6 Å². The second kappa shape index (κ2) is 7.00. The first-order valence-electron chi connectivity index (χ1n) is 6.56. The van der Waals surface area contributed by atoms with Crippen molar-refractivity contribution in [3.63, 3.8) is 0 Å². The fourth-order valence-electron chi connectivity index (χ4n) is 1.94. The largest absolute Gasteiger partial charge is 0.388 e. The van der Waals surface area contributed by atoms with E-state index in [1.54, 1.807) is 19.1 Å². The number of nitro groups is 1. The van der Waals surface area contributed by atoms with Crippen LogP contribution in [0.5, 0.6) is 0 Å². The summed E-state index contributed by atoms with van der Waals surface area (Å²) >= 11 is 0. The third-order valence-electron chi connectivity index (χ3n) is 2.94. The summed E-state index contributed by atoms with van der Waals surface area (Å²) in [6, 6.07) is 5.97. The van der Waals surface area contributed by atoms with Crippen molar-refractivity contribution in [3.05, 3.63) is 39.9 Å². The van der Waals surface area contributed by atoms with Gasteiger partial charge in [-0.05, 0) is 18.9 Å².